The Bertz CT molecular complexity index is 128. The Morgan fingerprint density at radius 3 is 2.55 bits per heavy atom. The molecule has 0 unspecified atom stereocenters. The number of hydrogen-bond acceptors (Lipinski definition) is 0. The quantitative estimate of drug-likeness (QED) is 0.328. The predicted octanol–water partition coefficient (Wildman–Crippen LogP) is 2.40. The van der Waals surface area contributed by atoms with Gasteiger partial charge in [-0.05, 0) is 6.42 Å². The monoisotopic (exact) mass is 150 g/mol. The van der Waals surface area contributed by atoms with Gasteiger partial charge < -0.3 is 0 Å². The van der Waals surface area contributed by atoms with Crippen molar-refractivity contribution in [2.24, 2.45) is 0 Å². The second kappa shape index (κ2) is 7.73. The zero-order valence-electron chi connectivity index (χ0n) is 8.11. The van der Waals surface area contributed by atoms with Crippen LogP contribution in [0.5, 0.6) is 0 Å². The molecule has 0 aromatic heterocycles. The molecule has 0 heterocycles. The van der Waals surface area contributed by atoms with Gasteiger partial charge in [0.2, 0.25) is 0 Å². The van der Waals surface area contributed by atoms with Crippen molar-refractivity contribution in [2.45, 2.75) is 51.8 Å². The summed E-state index contributed by atoms with van der Waals surface area (Å²) in [6.45, 7) is 4.43. The number of hydrogen-bond donors (Lipinski definition) is 0. The van der Waals surface area contributed by atoms with Crippen molar-refractivity contribution in [3.8, 4) is 11.8 Å². The molecule has 1 atom stereocenters. The smallest absolute Gasteiger partial charge is 0.104 e. The van der Waals surface area contributed by atoms with Crippen LogP contribution >= 0.6 is 0 Å². The van der Waals surface area contributed by atoms with Gasteiger partial charge >= 0.3 is 0 Å². The van der Waals surface area contributed by atoms with E-state index in [9.17, 15) is 0 Å². The Morgan fingerprint density at radius 2 is 2.00 bits per heavy atom. The highest BCUT2D eigenvalue weighted by Gasteiger charge is 1.86. The van der Waals surface area contributed by atoms with Gasteiger partial charge in [0.05, 0.1) is 0 Å². The average Bonchev–Trinajstić information content (AvgIpc) is 1.96. The van der Waals surface area contributed by atoms with Gasteiger partial charge in [-0.25, -0.2) is 0 Å². The van der Waals surface area contributed by atoms with Crippen molar-refractivity contribution in [1.29, 1.82) is 0 Å². The summed E-state index contributed by atoms with van der Waals surface area (Å²) in [5.74, 6) is 7.13. The molecule has 0 spiro atoms. The van der Waals surface area contributed by atoms with Gasteiger partial charge in [0.15, 0.2) is 0 Å². The van der Waals surface area contributed by atoms with Crippen molar-refractivity contribution in [1.82, 2.24) is 0 Å². The van der Waals surface area contributed by atoms with Crippen molar-refractivity contribution >= 4 is 7.85 Å². The van der Waals surface area contributed by atoms with Gasteiger partial charge in [-0.3, -0.25) is 0 Å². The zero-order chi connectivity index (χ0) is 8.53. The topological polar surface area (TPSA) is 0 Å². The molecule has 0 fully saturated rings. The van der Waals surface area contributed by atoms with E-state index < -0.39 is 0 Å². The predicted molar refractivity (Wildman–Crippen MR) is 54.5 cm³/mol. The Balaban J connectivity index is 3.12. The summed E-state index contributed by atoms with van der Waals surface area (Å²) in [6, 6.07) is 0. The Kier molecular flexibility index (Phi) is 7.47. The minimum atomic E-state index is 0.730. The molecular formula is C10H19B. The largest absolute Gasteiger partial charge is 0.106 e. The highest BCUT2D eigenvalue weighted by Crippen LogP contribution is 2.01. The van der Waals surface area contributed by atoms with Crippen LogP contribution in [0.4, 0.5) is 0 Å². The van der Waals surface area contributed by atoms with Gasteiger partial charge in [-0.2, -0.15) is 0 Å². The molecule has 0 bridgehead atoms. The van der Waals surface area contributed by atoms with E-state index in [0.29, 0.717) is 0 Å². The molecule has 0 N–H and O–H groups in total. The van der Waals surface area contributed by atoms with E-state index in [1.807, 2.05) is 0 Å². The molecule has 0 rings (SSSR count). The Hall–Kier alpha value is -0.375. The van der Waals surface area contributed by atoms with Gasteiger partial charge in [-0.1, -0.05) is 32.5 Å². The molecule has 0 aliphatic rings. The summed E-state index contributed by atoms with van der Waals surface area (Å²) in [7, 11) is 2.21. The molecule has 62 valence electrons. The molecule has 11 heavy (non-hydrogen) atoms. The van der Waals surface area contributed by atoms with Crippen LogP contribution in [-0.2, 0) is 0 Å². The van der Waals surface area contributed by atoms with Crippen molar-refractivity contribution < 1.29 is 0 Å². The lowest BCUT2D eigenvalue weighted by Crippen LogP contribution is -1.80. The maximum absolute atomic E-state index is 3.20. The molecule has 0 nitrogen and oxygen atoms in total. The van der Waals surface area contributed by atoms with E-state index in [2.05, 4.69) is 33.5 Å². The van der Waals surface area contributed by atoms with Crippen LogP contribution in [0.15, 0.2) is 0 Å². The van der Waals surface area contributed by atoms with Crippen LogP contribution in [0, 0.1) is 11.8 Å². The van der Waals surface area contributed by atoms with Crippen LogP contribution in [0.2, 0.25) is 5.82 Å². The average molecular weight is 150 g/mol. The van der Waals surface area contributed by atoms with E-state index in [-0.39, 0.29) is 0 Å². The van der Waals surface area contributed by atoms with Gasteiger partial charge in [-0.15, -0.1) is 11.8 Å². The minimum absolute atomic E-state index is 0.730. The van der Waals surface area contributed by atoms with Crippen molar-refractivity contribution in [2.75, 3.05) is 0 Å². The SMILES string of the molecule is B[C@H](C)CC#CCCCCC. The maximum Gasteiger partial charge on any atom is 0.106 e. The summed E-state index contributed by atoms with van der Waals surface area (Å²) in [5, 5.41) is 0. The third kappa shape index (κ3) is 9.62. The lowest BCUT2D eigenvalue weighted by atomic mass is 9.87. The third-order valence-electron chi connectivity index (χ3n) is 1.54. The molecule has 0 aromatic carbocycles. The second-order valence-electron chi connectivity index (χ2n) is 3.41. The van der Waals surface area contributed by atoms with Gasteiger partial charge in [0.25, 0.3) is 0 Å². The van der Waals surface area contributed by atoms with Crippen LogP contribution in [-0.4, -0.2) is 7.85 Å². The fourth-order valence-corrected chi connectivity index (χ4v) is 0.828. The summed E-state index contributed by atoms with van der Waals surface area (Å²) < 4.78 is 0. The molecule has 0 radical (unpaired) electrons. The van der Waals surface area contributed by atoms with Crippen LogP contribution in [0.25, 0.3) is 0 Å². The Labute approximate surface area is 72.2 Å². The van der Waals surface area contributed by atoms with E-state index >= 15 is 0 Å². The summed E-state index contributed by atoms with van der Waals surface area (Å²) >= 11 is 0. The molecule has 0 aromatic rings. The summed E-state index contributed by atoms with van der Waals surface area (Å²) in [5.41, 5.74) is 0. The van der Waals surface area contributed by atoms with Crippen LogP contribution in [0.3, 0.4) is 0 Å². The molecule has 1 heteroatoms. The Morgan fingerprint density at radius 1 is 1.27 bits per heavy atom. The maximum atomic E-state index is 3.20. The minimum Gasteiger partial charge on any atom is -0.104 e. The van der Waals surface area contributed by atoms with E-state index in [1.54, 1.807) is 0 Å². The van der Waals surface area contributed by atoms with E-state index in [0.717, 1.165) is 18.7 Å². The van der Waals surface area contributed by atoms with E-state index in [4.69, 9.17) is 0 Å². The molecule has 0 aliphatic heterocycles. The second-order valence-corrected chi connectivity index (χ2v) is 3.41. The highest BCUT2D eigenvalue weighted by atomic mass is 13.9. The van der Waals surface area contributed by atoms with Crippen molar-refractivity contribution in [3.05, 3.63) is 0 Å². The van der Waals surface area contributed by atoms with Crippen LogP contribution < -0.4 is 0 Å². The fourth-order valence-electron chi connectivity index (χ4n) is 0.828. The first kappa shape index (κ1) is 10.6. The summed E-state index contributed by atoms with van der Waals surface area (Å²) in [6.07, 6.45) is 6.07. The first-order chi connectivity index (χ1) is 5.27. The first-order valence-corrected chi connectivity index (χ1v) is 4.73. The molecular weight excluding hydrogens is 131 g/mol. The highest BCUT2D eigenvalue weighted by molar-refractivity contribution is 6.11. The summed E-state index contributed by atoms with van der Waals surface area (Å²) in [4.78, 5) is 0. The standard InChI is InChI=1S/C10H19B/c1-3-4-5-6-7-8-9-10(2)11/h10H,3-6,9,11H2,1-2H3/t10-/m1/s1. The van der Waals surface area contributed by atoms with Gasteiger partial charge in [0, 0.05) is 12.8 Å². The third-order valence-corrected chi connectivity index (χ3v) is 1.54. The number of rotatable bonds is 4. The molecule has 0 saturated carbocycles. The lowest BCUT2D eigenvalue weighted by molar-refractivity contribution is 0.736. The zero-order valence-corrected chi connectivity index (χ0v) is 8.11. The normalized spacial score (nSPS) is 11.8. The number of unbranched alkanes of at least 4 members (excludes halogenated alkanes) is 3. The van der Waals surface area contributed by atoms with E-state index in [1.165, 1.54) is 19.3 Å². The lowest BCUT2D eigenvalue weighted by Gasteiger charge is -1.92. The van der Waals surface area contributed by atoms with Crippen LogP contribution in [0.1, 0.15) is 46.0 Å². The molecule has 0 aliphatic carbocycles. The first-order valence-electron chi connectivity index (χ1n) is 4.73. The van der Waals surface area contributed by atoms with Gasteiger partial charge in [0.1, 0.15) is 7.85 Å². The fraction of sp³-hybridized carbons (Fsp3) is 0.800. The molecule has 0 saturated heterocycles. The van der Waals surface area contributed by atoms with Crippen molar-refractivity contribution in [3.63, 3.8) is 0 Å². The molecule has 0 amide bonds.